The number of carboxylic acids is 1. The third-order valence-corrected chi connectivity index (χ3v) is 4.84. The number of benzene rings is 1. The molecule has 0 radical (unpaired) electrons. The quantitative estimate of drug-likeness (QED) is 0.841. The number of nitrogens with one attached hydrogen (secondary N) is 1. The lowest BCUT2D eigenvalue weighted by Crippen LogP contribution is -2.32. The lowest BCUT2D eigenvalue weighted by molar-refractivity contribution is -0.147. The number of carbonyl (C=O) groups excluding carboxylic acids is 1. The van der Waals surface area contributed by atoms with Crippen LogP contribution in [0.3, 0.4) is 0 Å². The van der Waals surface area contributed by atoms with Crippen molar-refractivity contribution in [3.63, 3.8) is 0 Å². The van der Waals surface area contributed by atoms with Crippen LogP contribution in [0.4, 0.5) is 0 Å². The Bertz CT molecular complexity index is 838. The Morgan fingerprint density at radius 2 is 2.00 bits per heavy atom. The van der Waals surface area contributed by atoms with Gasteiger partial charge in [0.15, 0.2) is 0 Å². The van der Waals surface area contributed by atoms with Gasteiger partial charge in [-0.2, -0.15) is 0 Å². The maximum absolute atomic E-state index is 12.7. The summed E-state index contributed by atoms with van der Waals surface area (Å²) in [4.78, 5) is 28.6. The summed E-state index contributed by atoms with van der Waals surface area (Å²) in [6.07, 6.45) is 2.63. The summed E-state index contributed by atoms with van der Waals surface area (Å²) in [7, 11) is 0. The molecule has 5 nitrogen and oxygen atoms in total. The van der Waals surface area contributed by atoms with Crippen molar-refractivity contribution >= 4 is 22.8 Å². The number of aromatic nitrogens is 1. The molecule has 0 spiro atoms. The molecule has 1 amide bonds. The van der Waals surface area contributed by atoms with Crippen molar-refractivity contribution in [3.8, 4) is 0 Å². The largest absolute Gasteiger partial charge is 0.481 e. The van der Waals surface area contributed by atoms with Crippen LogP contribution < -0.4 is 5.32 Å². The van der Waals surface area contributed by atoms with E-state index >= 15 is 0 Å². The standard InChI is InChI=1S/C20H24N2O3/c1-12-4-7-16-14(10-12)15(11-17(22-16)13-5-6-13)18(23)21-9-8-20(2,3)19(24)25/h4,7,10-11,13H,5-6,8-9H2,1-3H3,(H,21,23)(H,24,25). The Morgan fingerprint density at radius 1 is 1.28 bits per heavy atom. The molecule has 5 heteroatoms. The Hall–Kier alpha value is -2.43. The smallest absolute Gasteiger partial charge is 0.309 e. The first-order valence-corrected chi connectivity index (χ1v) is 8.71. The van der Waals surface area contributed by atoms with Crippen LogP contribution >= 0.6 is 0 Å². The van der Waals surface area contributed by atoms with E-state index in [1.165, 1.54) is 0 Å². The molecular weight excluding hydrogens is 316 g/mol. The third kappa shape index (κ3) is 3.81. The van der Waals surface area contributed by atoms with Crippen LogP contribution in [0.2, 0.25) is 0 Å². The molecule has 0 saturated heterocycles. The van der Waals surface area contributed by atoms with Crippen molar-refractivity contribution in [1.82, 2.24) is 10.3 Å². The van der Waals surface area contributed by atoms with E-state index < -0.39 is 11.4 Å². The second-order valence-corrected chi connectivity index (χ2v) is 7.58. The van der Waals surface area contributed by atoms with Crippen molar-refractivity contribution in [2.45, 2.75) is 46.0 Å². The molecule has 1 aliphatic rings. The highest BCUT2D eigenvalue weighted by Crippen LogP contribution is 2.40. The van der Waals surface area contributed by atoms with E-state index in [-0.39, 0.29) is 5.91 Å². The van der Waals surface area contributed by atoms with Gasteiger partial charge in [-0.1, -0.05) is 11.6 Å². The number of fused-ring (bicyclic) bond motifs is 1. The van der Waals surface area contributed by atoms with Gasteiger partial charge in [-0.3, -0.25) is 14.6 Å². The zero-order valence-corrected chi connectivity index (χ0v) is 14.9. The van der Waals surface area contributed by atoms with Gasteiger partial charge in [0.05, 0.1) is 16.5 Å². The fourth-order valence-corrected chi connectivity index (χ4v) is 2.83. The van der Waals surface area contributed by atoms with Gasteiger partial charge in [0.1, 0.15) is 0 Å². The SMILES string of the molecule is Cc1ccc2nc(C3CC3)cc(C(=O)NCCC(C)(C)C(=O)O)c2c1. The highest BCUT2D eigenvalue weighted by atomic mass is 16.4. The molecule has 2 N–H and O–H groups in total. The number of amides is 1. The Kier molecular flexibility index (Phi) is 4.50. The number of hydrogen-bond donors (Lipinski definition) is 2. The van der Waals surface area contributed by atoms with Crippen LogP contribution in [0.15, 0.2) is 24.3 Å². The van der Waals surface area contributed by atoms with Crippen LogP contribution in [0.1, 0.15) is 60.6 Å². The number of aryl methyl sites for hydroxylation is 1. The van der Waals surface area contributed by atoms with E-state index in [2.05, 4.69) is 5.32 Å². The molecule has 25 heavy (non-hydrogen) atoms. The summed E-state index contributed by atoms with van der Waals surface area (Å²) >= 11 is 0. The fraction of sp³-hybridized carbons (Fsp3) is 0.450. The van der Waals surface area contributed by atoms with Gasteiger partial charge >= 0.3 is 5.97 Å². The maximum Gasteiger partial charge on any atom is 0.309 e. The minimum Gasteiger partial charge on any atom is -0.481 e. The van der Waals surface area contributed by atoms with Gasteiger partial charge in [0, 0.05) is 23.5 Å². The number of hydrogen-bond acceptors (Lipinski definition) is 3. The van der Waals surface area contributed by atoms with E-state index in [4.69, 9.17) is 4.98 Å². The van der Waals surface area contributed by atoms with Gasteiger partial charge < -0.3 is 10.4 Å². The molecule has 132 valence electrons. The first-order valence-electron chi connectivity index (χ1n) is 8.71. The average Bonchev–Trinajstić information content (AvgIpc) is 3.38. The molecule has 0 unspecified atom stereocenters. The lowest BCUT2D eigenvalue weighted by Gasteiger charge is -2.19. The van der Waals surface area contributed by atoms with Crippen LogP contribution in [0.5, 0.6) is 0 Å². The molecule has 1 heterocycles. The predicted molar refractivity (Wildman–Crippen MR) is 96.8 cm³/mol. The molecule has 3 rings (SSSR count). The van der Waals surface area contributed by atoms with Gasteiger partial charge in [-0.15, -0.1) is 0 Å². The zero-order valence-electron chi connectivity index (χ0n) is 14.9. The van der Waals surface area contributed by atoms with Gasteiger partial charge in [-0.05, 0) is 58.2 Å². The van der Waals surface area contributed by atoms with E-state index in [0.29, 0.717) is 24.4 Å². The van der Waals surface area contributed by atoms with Crippen LogP contribution in [0.25, 0.3) is 10.9 Å². The first-order chi connectivity index (χ1) is 11.8. The topological polar surface area (TPSA) is 79.3 Å². The van der Waals surface area contributed by atoms with Crippen molar-refractivity contribution in [2.75, 3.05) is 6.54 Å². The lowest BCUT2D eigenvalue weighted by atomic mass is 9.89. The van der Waals surface area contributed by atoms with Gasteiger partial charge in [0.25, 0.3) is 5.91 Å². The average molecular weight is 340 g/mol. The Balaban J connectivity index is 1.84. The van der Waals surface area contributed by atoms with Crippen LogP contribution in [-0.4, -0.2) is 28.5 Å². The molecule has 0 bridgehead atoms. The summed E-state index contributed by atoms with van der Waals surface area (Å²) in [5.41, 5.74) is 2.67. The molecule has 1 aromatic carbocycles. The van der Waals surface area contributed by atoms with E-state index in [1.807, 2.05) is 31.2 Å². The van der Waals surface area contributed by atoms with E-state index in [9.17, 15) is 14.7 Å². The molecule has 1 aliphatic carbocycles. The maximum atomic E-state index is 12.7. The van der Waals surface area contributed by atoms with Gasteiger partial charge in [0.2, 0.25) is 0 Å². The fourth-order valence-electron chi connectivity index (χ4n) is 2.83. The number of nitrogens with zero attached hydrogens (tertiary/aromatic N) is 1. The van der Waals surface area contributed by atoms with E-state index in [0.717, 1.165) is 35.0 Å². The summed E-state index contributed by atoms with van der Waals surface area (Å²) < 4.78 is 0. The number of rotatable bonds is 6. The molecule has 0 atom stereocenters. The van der Waals surface area contributed by atoms with Gasteiger partial charge in [-0.25, -0.2) is 0 Å². The molecule has 1 saturated carbocycles. The predicted octanol–water partition coefficient (Wildman–Crippen LogP) is 3.65. The zero-order chi connectivity index (χ0) is 18.2. The molecule has 0 aliphatic heterocycles. The minimum atomic E-state index is -0.859. The number of carboxylic acid groups (broad SMARTS) is 1. The Morgan fingerprint density at radius 3 is 2.64 bits per heavy atom. The van der Waals surface area contributed by atoms with Crippen LogP contribution in [0, 0.1) is 12.3 Å². The summed E-state index contributed by atoms with van der Waals surface area (Å²) in [6.45, 7) is 5.65. The second kappa shape index (κ2) is 6.47. The molecule has 1 aromatic heterocycles. The van der Waals surface area contributed by atoms with Crippen molar-refractivity contribution in [3.05, 3.63) is 41.1 Å². The van der Waals surface area contributed by atoms with E-state index in [1.54, 1.807) is 13.8 Å². The van der Waals surface area contributed by atoms with Crippen molar-refractivity contribution in [1.29, 1.82) is 0 Å². The van der Waals surface area contributed by atoms with Crippen molar-refractivity contribution < 1.29 is 14.7 Å². The number of carbonyl (C=O) groups is 2. The number of aliphatic carboxylic acids is 1. The summed E-state index contributed by atoms with van der Waals surface area (Å²) in [5, 5.41) is 12.9. The molecule has 1 fully saturated rings. The van der Waals surface area contributed by atoms with Crippen LogP contribution in [-0.2, 0) is 4.79 Å². The highest BCUT2D eigenvalue weighted by Gasteiger charge is 2.28. The first kappa shape index (κ1) is 17.4. The minimum absolute atomic E-state index is 0.166. The molecular formula is C20H24N2O3. The summed E-state index contributed by atoms with van der Waals surface area (Å²) in [5.74, 6) is -0.563. The van der Waals surface area contributed by atoms with Crippen molar-refractivity contribution in [2.24, 2.45) is 5.41 Å². The summed E-state index contributed by atoms with van der Waals surface area (Å²) in [6, 6.07) is 7.84. The molecule has 2 aromatic rings. The third-order valence-electron chi connectivity index (χ3n) is 4.84. The normalized spacial score (nSPS) is 14.5. The second-order valence-electron chi connectivity index (χ2n) is 7.58. The highest BCUT2D eigenvalue weighted by molar-refractivity contribution is 6.06. The number of pyridine rings is 1. The Labute approximate surface area is 147 Å². The monoisotopic (exact) mass is 340 g/mol.